The van der Waals surface area contributed by atoms with E-state index >= 15 is 0 Å². The summed E-state index contributed by atoms with van der Waals surface area (Å²) >= 11 is 0. The van der Waals surface area contributed by atoms with Crippen molar-refractivity contribution in [2.45, 2.75) is 5.92 Å². The summed E-state index contributed by atoms with van der Waals surface area (Å²) in [5.41, 5.74) is 5.76. The molecule has 4 heteroatoms. The van der Waals surface area contributed by atoms with Gasteiger partial charge in [-0.15, -0.1) is 0 Å². The fourth-order valence-electron chi connectivity index (χ4n) is 5.15. The molecule has 0 bridgehead atoms. The van der Waals surface area contributed by atoms with E-state index in [0.29, 0.717) is 11.1 Å². The zero-order valence-electron chi connectivity index (χ0n) is 21.0. The Hall–Kier alpha value is -5.22. The van der Waals surface area contributed by atoms with Crippen LogP contribution in [0.5, 0.6) is 23.0 Å². The predicted octanol–water partition coefficient (Wildman–Crippen LogP) is 8.18. The molecule has 0 saturated carbocycles. The Labute approximate surface area is 226 Å². The van der Waals surface area contributed by atoms with Crippen molar-refractivity contribution in [2.75, 3.05) is 0 Å². The van der Waals surface area contributed by atoms with Crippen LogP contribution in [0.15, 0.2) is 127 Å². The van der Waals surface area contributed by atoms with Gasteiger partial charge in [-0.1, -0.05) is 78.9 Å². The van der Waals surface area contributed by atoms with E-state index in [1.54, 1.807) is 36.4 Å². The molecule has 0 radical (unpaired) electrons. The maximum Gasteiger partial charge on any atom is 0.119 e. The number of phenolic OH excluding ortho intramolecular Hbond substituents is 4. The van der Waals surface area contributed by atoms with Gasteiger partial charge in [-0.05, 0) is 87.1 Å². The first kappa shape index (κ1) is 24.1. The van der Waals surface area contributed by atoms with E-state index in [0.717, 1.165) is 38.6 Å². The lowest BCUT2D eigenvalue weighted by Crippen LogP contribution is -2.05. The summed E-state index contributed by atoms with van der Waals surface area (Å²) in [4.78, 5) is 0. The quantitative estimate of drug-likeness (QED) is 0.176. The number of hydrogen-bond donors (Lipinski definition) is 4. The Bertz CT molecular complexity index is 1690. The molecular formula is C35H26O4. The van der Waals surface area contributed by atoms with Crippen LogP contribution in [0.3, 0.4) is 0 Å². The lowest BCUT2D eigenvalue weighted by molar-refractivity contribution is 0.458. The standard InChI is InChI=1S/C35H26O4/c36-29-13-7-23(8-14-29)26-11-17-33(38)31(20-26)35(28-6-5-22-3-1-2-4-25(22)19-28)32-21-27(12-18-34(32)39)24-9-15-30(37)16-10-24/h1-21,35-39H. The van der Waals surface area contributed by atoms with E-state index in [2.05, 4.69) is 24.3 Å². The maximum atomic E-state index is 11.2. The third-order valence-corrected chi connectivity index (χ3v) is 7.19. The summed E-state index contributed by atoms with van der Waals surface area (Å²) in [7, 11) is 0. The number of benzene rings is 6. The minimum atomic E-state index is -0.483. The van der Waals surface area contributed by atoms with E-state index in [1.165, 1.54) is 0 Å². The zero-order chi connectivity index (χ0) is 26.9. The SMILES string of the molecule is Oc1ccc(-c2ccc(O)c(C(c3ccc4ccccc4c3)c3cc(-c4ccc(O)cc4)ccc3O)c2)cc1. The van der Waals surface area contributed by atoms with Crippen molar-refractivity contribution in [3.63, 3.8) is 0 Å². The Balaban J connectivity index is 1.57. The molecule has 0 aromatic heterocycles. The molecule has 0 heterocycles. The second kappa shape index (κ2) is 9.92. The molecule has 0 aliphatic rings. The molecule has 6 aromatic carbocycles. The molecule has 0 spiro atoms. The molecule has 0 aliphatic heterocycles. The van der Waals surface area contributed by atoms with Gasteiger partial charge in [0.1, 0.15) is 23.0 Å². The van der Waals surface area contributed by atoms with Gasteiger partial charge in [-0.2, -0.15) is 0 Å². The Morgan fingerprint density at radius 1 is 0.385 bits per heavy atom. The average molecular weight is 511 g/mol. The molecule has 0 amide bonds. The monoisotopic (exact) mass is 510 g/mol. The molecule has 0 atom stereocenters. The van der Waals surface area contributed by atoms with Crippen LogP contribution in [0.1, 0.15) is 22.6 Å². The highest BCUT2D eigenvalue weighted by atomic mass is 16.3. The number of hydrogen-bond acceptors (Lipinski definition) is 4. The Kier molecular flexibility index (Phi) is 6.14. The van der Waals surface area contributed by atoms with Crippen molar-refractivity contribution in [3.8, 4) is 45.3 Å². The van der Waals surface area contributed by atoms with Crippen LogP contribution in [-0.2, 0) is 0 Å². The molecule has 39 heavy (non-hydrogen) atoms. The van der Waals surface area contributed by atoms with Gasteiger partial charge in [0.05, 0.1) is 0 Å². The summed E-state index contributed by atoms with van der Waals surface area (Å²) in [5, 5.41) is 44.1. The molecule has 0 unspecified atom stereocenters. The summed E-state index contributed by atoms with van der Waals surface area (Å²) < 4.78 is 0. The number of aromatic hydroxyl groups is 4. The molecule has 0 fully saturated rings. The first-order valence-electron chi connectivity index (χ1n) is 12.7. The molecule has 0 aliphatic carbocycles. The first-order chi connectivity index (χ1) is 19.0. The average Bonchev–Trinajstić information content (AvgIpc) is 2.96. The molecular weight excluding hydrogens is 484 g/mol. The van der Waals surface area contributed by atoms with Gasteiger partial charge < -0.3 is 20.4 Å². The highest BCUT2D eigenvalue weighted by molar-refractivity contribution is 5.84. The lowest BCUT2D eigenvalue weighted by atomic mass is 9.81. The predicted molar refractivity (Wildman–Crippen MR) is 155 cm³/mol. The minimum Gasteiger partial charge on any atom is -0.508 e. The molecule has 4 nitrogen and oxygen atoms in total. The van der Waals surface area contributed by atoms with Crippen LogP contribution in [0.4, 0.5) is 0 Å². The molecule has 6 rings (SSSR count). The van der Waals surface area contributed by atoms with Crippen molar-refractivity contribution in [1.29, 1.82) is 0 Å². The van der Waals surface area contributed by atoms with Gasteiger partial charge in [0.25, 0.3) is 0 Å². The van der Waals surface area contributed by atoms with E-state index in [9.17, 15) is 20.4 Å². The third-order valence-electron chi connectivity index (χ3n) is 7.19. The zero-order valence-corrected chi connectivity index (χ0v) is 21.0. The Morgan fingerprint density at radius 2 is 0.846 bits per heavy atom. The van der Waals surface area contributed by atoms with Gasteiger partial charge in [0, 0.05) is 17.0 Å². The van der Waals surface area contributed by atoms with Gasteiger partial charge in [0.15, 0.2) is 0 Å². The van der Waals surface area contributed by atoms with Crippen LogP contribution in [0, 0.1) is 0 Å². The van der Waals surface area contributed by atoms with E-state index in [-0.39, 0.29) is 23.0 Å². The Morgan fingerprint density at radius 3 is 1.36 bits per heavy atom. The summed E-state index contributed by atoms with van der Waals surface area (Å²) in [6, 6.07) is 39.1. The van der Waals surface area contributed by atoms with Crippen LogP contribution in [-0.4, -0.2) is 20.4 Å². The second-order valence-electron chi connectivity index (χ2n) is 9.68. The van der Waals surface area contributed by atoms with E-state index in [1.807, 2.05) is 66.7 Å². The van der Waals surface area contributed by atoms with Crippen molar-refractivity contribution in [1.82, 2.24) is 0 Å². The normalized spacial score (nSPS) is 11.2. The van der Waals surface area contributed by atoms with Crippen LogP contribution in [0.25, 0.3) is 33.0 Å². The highest BCUT2D eigenvalue weighted by Crippen LogP contribution is 2.44. The van der Waals surface area contributed by atoms with Crippen LogP contribution < -0.4 is 0 Å². The smallest absolute Gasteiger partial charge is 0.119 e. The number of fused-ring (bicyclic) bond motifs is 1. The van der Waals surface area contributed by atoms with Crippen molar-refractivity contribution < 1.29 is 20.4 Å². The van der Waals surface area contributed by atoms with Crippen molar-refractivity contribution >= 4 is 10.8 Å². The van der Waals surface area contributed by atoms with Crippen LogP contribution >= 0.6 is 0 Å². The van der Waals surface area contributed by atoms with E-state index < -0.39 is 5.92 Å². The fraction of sp³-hybridized carbons (Fsp3) is 0.0286. The molecule has 190 valence electrons. The maximum absolute atomic E-state index is 11.2. The lowest BCUT2D eigenvalue weighted by Gasteiger charge is -2.23. The summed E-state index contributed by atoms with van der Waals surface area (Å²) in [6.07, 6.45) is 0. The molecule has 4 N–H and O–H groups in total. The van der Waals surface area contributed by atoms with Crippen molar-refractivity contribution in [3.05, 3.63) is 144 Å². The highest BCUT2D eigenvalue weighted by Gasteiger charge is 2.24. The van der Waals surface area contributed by atoms with Gasteiger partial charge in [0.2, 0.25) is 0 Å². The van der Waals surface area contributed by atoms with Gasteiger partial charge >= 0.3 is 0 Å². The second-order valence-corrected chi connectivity index (χ2v) is 9.68. The molecule has 6 aromatic rings. The number of rotatable bonds is 5. The van der Waals surface area contributed by atoms with Gasteiger partial charge in [-0.25, -0.2) is 0 Å². The van der Waals surface area contributed by atoms with Crippen LogP contribution in [0.2, 0.25) is 0 Å². The third kappa shape index (κ3) is 4.76. The van der Waals surface area contributed by atoms with Crippen molar-refractivity contribution in [2.24, 2.45) is 0 Å². The summed E-state index contributed by atoms with van der Waals surface area (Å²) in [6.45, 7) is 0. The summed E-state index contributed by atoms with van der Waals surface area (Å²) in [5.74, 6) is 0.115. The van der Waals surface area contributed by atoms with Gasteiger partial charge in [-0.3, -0.25) is 0 Å². The van der Waals surface area contributed by atoms with E-state index in [4.69, 9.17) is 0 Å². The topological polar surface area (TPSA) is 80.9 Å². The first-order valence-corrected chi connectivity index (χ1v) is 12.7. The fourth-order valence-corrected chi connectivity index (χ4v) is 5.15. The number of phenols is 4. The largest absolute Gasteiger partial charge is 0.508 e. The molecule has 0 saturated heterocycles. The minimum absolute atomic E-state index is 0.116.